The Morgan fingerprint density at radius 1 is 1.07 bits per heavy atom. The number of fused-ring (bicyclic) bond motifs is 1. The maximum Gasteiger partial charge on any atom is 0.263 e. The third kappa shape index (κ3) is 4.45. The Bertz CT molecular complexity index is 804. The van der Waals surface area contributed by atoms with Crippen molar-refractivity contribution in [2.45, 2.75) is 83.6 Å². The molecule has 28 heavy (non-hydrogen) atoms. The van der Waals surface area contributed by atoms with Crippen molar-refractivity contribution in [2.24, 2.45) is 0 Å². The summed E-state index contributed by atoms with van der Waals surface area (Å²) in [6.45, 7) is 3.93. The van der Waals surface area contributed by atoms with E-state index in [4.69, 9.17) is 9.51 Å². The first-order valence-corrected chi connectivity index (χ1v) is 10.9. The van der Waals surface area contributed by atoms with Crippen molar-refractivity contribution in [3.05, 3.63) is 11.5 Å². The number of anilines is 1. The molecular weight excluding hydrogens is 354 g/mol. The molecule has 1 N–H and O–H groups in total. The van der Waals surface area contributed by atoms with Gasteiger partial charge in [0.1, 0.15) is 17.0 Å². The van der Waals surface area contributed by atoms with Crippen molar-refractivity contribution in [3.63, 3.8) is 0 Å². The summed E-state index contributed by atoms with van der Waals surface area (Å²) in [5.41, 5.74) is 1.36. The number of hydrogen-bond acceptors (Lipinski definition) is 6. The summed E-state index contributed by atoms with van der Waals surface area (Å²) in [6, 6.07) is 0.333. The number of nitrogens with one attached hydrogen (secondary N) is 1. The van der Waals surface area contributed by atoms with Gasteiger partial charge in [-0.2, -0.15) is 4.98 Å². The van der Waals surface area contributed by atoms with E-state index < -0.39 is 0 Å². The van der Waals surface area contributed by atoms with E-state index in [1.165, 1.54) is 44.9 Å². The van der Waals surface area contributed by atoms with E-state index in [2.05, 4.69) is 20.4 Å². The van der Waals surface area contributed by atoms with E-state index in [0.717, 1.165) is 42.8 Å². The Morgan fingerprint density at radius 3 is 2.54 bits per heavy atom. The summed E-state index contributed by atoms with van der Waals surface area (Å²) in [7, 11) is 0. The Morgan fingerprint density at radius 2 is 1.79 bits per heavy atom. The molecule has 2 aromatic heterocycles. The van der Waals surface area contributed by atoms with E-state index in [9.17, 15) is 4.79 Å². The van der Waals surface area contributed by atoms with Crippen molar-refractivity contribution in [3.8, 4) is 0 Å². The topological polar surface area (TPSA) is 84.1 Å². The second-order valence-electron chi connectivity index (χ2n) is 8.22. The van der Waals surface area contributed by atoms with Gasteiger partial charge >= 0.3 is 0 Å². The minimum Gasteiger partial charge on any atom is -0.356 e. The average Bonchev–Trinajstić information content (AvgIpc) is 2.91. The molecule has 152 valence electrons. The van der Waals surface area contributed by atoms with Crippen LogP contribution < -0.4 is 10.2 Å². The number of aromatic nitrogens is 3. The minimum atomic E-state index is 0.101. The van der Waals surface area contributed by atoms with Gasteiger partial charge in [0.15, 0.2) is 0 Å². The second-order valence-corrected chi connectivity index (χ2v) is 8.22. The van der Waals surface area contributed by atoms with Crippen LogP contribution >= 0.6 is 0 Å². The molecule has 2 aliphatic rings. The third-order valence-electron chi connectivity index (χ3n) is 5.99. The molecular formula is C21H31N5O2. The number of carbonyl (C=O) groups is 1. The molecule has 1 aliphatic carbocycles. The molecule has 2 fully saturated rings. The van der Waals surface area contributed by atoms with Crippen LogP contribution in [0.5, 0.6) is 0 Å². The minimum absolute atomic E-state index is 0.101. The van der Waals surface area contributed by atoms with Gasteiger partial charge in [0.2, 0.25) is 5.91 Å². The summed E-state index contributed by atoms with van der Waals surface area (Å²) in [6.07, 6.45) is 11.8. The Labute approximate surface area is 166 Å². The zero-order valence-electron chi connectivity index (χ0n) is 16.9. The van der Waals surface area contributed by atoms with Crippen LogP contribution in [0.1, 0.15) is 75.7 Å². The zero-order chi connectivity index (χ0) is 19.3. The fourth-order valence-electron chi connectivity index (χ4n) is 4.41. The highest BCUT2D eigenvalue weighted by molar-refractivity contribution is 5.88. The second kappa shape index (κ2) is 8.88. The van der Waals surface area contributed by atoms with Crippen LogP contribution in [0.25, 0.3) is 11.1 Å². The number of carbonyl (C=O) groups excluding carboxylic acids is 1. The van der Waals surface area contributed by atoms with Gasteiger partial charge in [-0.05, 0) is 39.0 Å². The van der Waals surface area contributed by atoms with Gasteiger partial charge in [-0.1, -0.05) is 30.8 Å². The van der Waals surface area contributed by atoms with Gasteiger partial charge in [0.05, 0.1) is 5.69 Å². The molecule has 0 radical (unpaired) electrons. The molecule has 0 atom stereocenters. The first-order chi connectivity index (χ1) is 13.7. The van der Waals surface area contributed by atoms with Crippen LogP contribution in [-0.2, 0) is 11.2 Å². The maximum absolute atomic E-state index is 12.4. The largest absolute Gasteiger partial charge is 0.356 e. The Kier molecular flexibility index (Phi) is 6.07. The standard InChI is InChI=1S/C21H31N5O2/c1-15-19-20(26-13-7-4-8-14-26)23-17(24-21(19)28-25-15)11-12-18(27)22-16-9-5-2-3-6-10-16/h16H,2-14H2,1H3,(H,22,27). The number of nitrogens with zero attached hydrogens (tertiary/aromatic N) is 4. The van der Waals surface area contributed by atoms with E-state index >= 15 is 0 Å². The number of aryl methyl sites for hydroxylation is 2. The first kappa shape index (κ1) is 19.2. The summed E-state index contributed by atoms with van der Waals surface area (Å²) in [5, 5.41) is 8.21. The lowest BCUT2D eigenvalue weighted by Gasteiger charge is -2.28. The molecule has 7 nitrogen and oxygen atoms in total. The summed E-state index contributed by atoms with van der Waals surface area (Å²) in [4.78, 5) is 24.1. The maximum atomic E-state index is 12.4. The number of rotatable bonds is 5. The molecule has 2 aromatic rings. The lowest BCUT2D eigenvalue weighted by molar-refractivity contribution is -0.121. The van der Waals surface area contributed by atoms with Gasteiger partial charge in [-0.25, -0.2) is 4.98 Å². The molecule has 3 heterocycles. The van der Waals surface area contributed by atoms with Crippen LogP contribution in [0, 0.1) is 6.92 Å². The highest BCUT2D eigenvalue weighted by Gasteiger charge is 2.22. The average molecular weight is 386 g/mol. The van der Waals surface area contributed by atoms with Crippen molar-refractivity contribution in [2.75, 3.05) is 18.0 Å². The van der Waals surface area contributed by atoms with Gasteiger partial charge in [0.25, 0.3) is 5.71 Å². The quantitative estimate of drug-likeness (QED) is 0.790. The van der Waals surface area contributed by atoms with Crippen molar-refractivity contribution in [1.82, 2.24) is 20.4 Å². The molecule has 0 aromatic carbocycles. The summed E-state index contributed by atoms with van der Waals surface area (Å²) in [5.74, 6) is 1.69. The fourth-order valence-corrected chi connectivity index (χ4v) is 4.41. The fraction of sp³-hybridized carbons (Fsp3) is 0.714. The predicted molar refractivity (Wildman–Crippen MR) is 108 cm³/mol. The van der Waals surface area contributed by atoms with Crippen LogP contribution in [-0.4, -0.2) is 40.2 Å². The molecule has 4 rings (SSSR count). The van der Waals surface area contributed by atoms with E-state index in [0.29, 0.717) is 30.4 Å². The summed E-state index contributed by atoms with van der Waals surface area (Å²) >= 11 is 0. The lowest BCUT2D eigenvalue weighted by atomic mass is 10.1. The lowest BCUT2D eigenvalue weighted by Crippen LogP contribution is -2.34. The number of hydrogen-bond donors (Lipinski definition) is 1. The SMILES string of the molecule is Cc1noc2nc(CCC(=O)NC3CCCCCC3)nc(N3CCCCC3)c12. The monoisotopic (exact) mass is 385 g/mol. The third-order valence-corrected chi connectivity index (χ3v) is 5.99. The van der Waals surface area contributed by atoms with Crippen LogP contribution in [0.2, 0.25) is 0 Å². The molecule has 0 bridgehead atoms. The molecule has 0 unspecified atom stereocenters. The Balaban J connectivity index is 1.45. The molecule has 1 aliphatic heterocycles. The predicted octanol–water partition coefficient (Wildman–Crippen LogP) is 3.69. The number of piperidine rings is 1. The smallest absolute Gasteiger partial charge is 0.263 e. The summed E-state index contributed by atoms with van der Waals surface area (Å²) < 4.78 is 5.43. The van der Waals surface area contributed by atoms with Crippen molar-refractivity contribution in [1.29, 1.82) is 0 Å². The molecule has 0 spiro atoms. The molecule has 1 saturated carbocycles. The van der Waals surface area contributed by atoms with Gasteiger partial charge in [-0.3, -0.25) is 4.79 Å². The highest BCUT2D eigenvalue weighted by Crippen LogP contribution is 2.29. The molecule has 1 amide bonds. The van der Waals surface area contributed by atoms with E-state index in [-0.39, 0.29) is 5.91 Å². The van der Waals surface area contributed by atoms with Crippen molar-refractivity contribution < 1.29 is 9.32 Å². The number of amides is 1. The van der Waals surface area contributed by atoms with Crippen LogP contribution in [0.3, 0.4) is 0 Å². The zero-order valence-corrected chi connectivity index (χ0v) is 16.9. The van der Waals surface area contributed by atoms with Crippen LogP contribution in [0.4, 0.5) is 5.82 Å². The van der Waals surface area contributed by atoms with Gasteiger partial charge in [0, 0.05) is 32.0 Å². The van der Waals surface area contributed by atoms with Gasteiger partial charge < -0.3 is 14.7 Å². The first-order valence-electron chi connectivity index (χ1n) is 10.9. The highest BCUT2D eigenvalue weighted by atomic mass is 16.5. The van der Waals surface area contributed by atoms with Gasteiger partial charge in [-0.15, -0.1) is 0 Å². The Hall–Kier alpha value is -2.18. The molecule has 7 heteroatoms. The van der Waals surface area contributed by atoms with Crippen LogP contribution in [0.15, 0.2) is 4.52 Å². The van der Waals surface area contributed by atoms with E-state index in [1.54, 1.807) is 0 Å². The molecule has 1 saturated heterocycles. The van der Waals surface area contributed by atoms with Crippen molar-refractivity contribution >= 4 is 22.8 Å². The van der Waals surface area contributed by atoms with E-state index in [1.807, 2.05) is 6.92 Å². The normalized spacial score (nSPS) is 19.0.